The summed E-state index contributed by atoms with van der Waals surface area (Å²) in [6.07, 6.45) is 1.07. The molecule has 23 heavy (non-hydrogen) atoms. The van der Waals surface area contributed by atoms with Crippen molar-refractivity contribution in [1.29, 1.82) is 0 Å². The number of hydrogen-bond acceptors (Lipinski definition) is 5. The Morgan fingerprint density at radius 2 is 1.83 bits per heavy atom. The molecule has 0 aromatic heterocycles. The quantitative estimate of drug-likeness (QED) is 0.860. The summed E-state index contributed by atoms with van der Waals surface area (Å²) in [6, 6.07) is 6.51. The molecule has 128 valence electrons. The highest BCUT2D eigenvalue weighted by molar-refractivity contribution is 5.60. The molecule has 0 radical (unpaired) electrons. The lowest BCUT2D eigenvalue weighted by atomic mass is 10.0. The van der Waals surface area contributed by atoms with E-state index in [1.54, 1.807) is 0 Å². The zero-order chi connectivity index (χ0) is 16.3. The Balaban J connectivity index is 1.50. The molecule has 1 fully saturated rings. The maximum atomic E-state index is 8.99. The van der Waals surface area contributed by atoms with E-state index in [4.69, 9.17) is 9.84 Å². The average molecular weight is 319 g/mol. The molecule has 3 rings (SSSR count). The van der Waals surface area contributed by atoms with Crippen molar-refractivity contribution in [1.82, 2.24) is 9.80 Å². The van der Waals surface area contributed by atoms with Gasteiger partial charge in [-0.3, -0.25) is 4.90 Å². The number of aliphatic hydroxyl groups excluding tert-OH is 1. The van der Waals surface area contributed by atoms with Gasteiger partial charge in [-0.15, -0.1) is 0 Å². The van der Waals surface area contributed by atoms with Crippen LogP contribution in [0.5, 0.6) is 5.75 Å². The van der Waals surface area contributed by atoms with Crippen molar-refractivity contribution >= 4 is 5.69 Å². The van der Waals surface area contributed by atoms with Gasteiger partial charge in [-0.05, 0) is 38.0 Å². The summed E-state index contributed by atoms with van der Waals surface area (Å²) in [4.78, 5) is 4.85. The van der Waals surface area contributed by atoms with Gasteiger partial charge in [-0.1, -0.05) is 6.07 Å². The van der Waals surface area contributed by atoms with Crippen molar-refractivity contribution < 1.29 is 9.84 Å². The van der Waals surface area contributed by atoms with Crippen LogP contribution in [0.1, 0.15) is 19.4 Å². The van der Waals surface area contributed by atoms with Gasteiger partial charge in [0.2, 0.25) is 0 Å². The fourth-order valence-corrected chi connectivity index (χ4v) is 3.27. The molecule has 0 unspecified atom stereocenters. The van der Waals surface area contributed by atoms with Crippen molar-refractivity contribution in [2.75, 3.05) is 57.7 Å². The molecule has 2 aliphatic heterocycles. The van der Waals surface area contributed by atoms with Gasteiger partial charge in [0.05, 0.1) is 18.8 Å². The number of ether oxygens (including phenoxy) is 1. The fourth-order valence-electron chi connectivity index (χ4n) is 3.27. The molecule has 1 aromatic carbocycles. The van der Waals surface area contributed by atoms with E-state index >= 15 is 0 Å². The van der Waals surface area contributed by atoms with Crippen LogP contribution in [-0.4, -0.2) is 72.9 Å². The SMILES string of the molecule is CC1(C)CNc2cc(CCN3CCN(CCO)CC3)ccc2O1. The highest BCUT2D eigenvalue weighted by Crippen LogP contribution is 2.33. The normalized spacial score (nSPS) is 21.3. The minimum absolute atomic E-state index is 0.136. The summed E-state index contributed by atoms with van der Waals surface area (Å²) in [6.45, 7) is 11.5. The predicted octanol–water partition coefficient (Wildman–Crippen LogP) is 1.42. The maximum Gasteiger partial charge on any atom is 0.143 e. The second-order valence-electron chi connectivity index (χ2n) is 7.20. The van der Waals surface area contributed by atoms with E-state index in [1.165, 1.54) is 5.56 Å². The molecule has 0 amide bonds. The first-order valence-corrected chi connectivity index (χ1v) is 8.67. The Hall–Kier alpha value is -1.30. The van der Waals surface area contributed by atoms with Crippen LogP contribution in [0.2, 0.25) is 0 Å². The number of fused-ring (bicyclic) bond motifs is 1. The van der Waals surface area contributed by atoms with E-state index in [0.29, 0.717) is 0 Å². The molecule has 0 bridgehead atoms. The van der Waals surface area contributed by atoms with E-state index in [1.807, 2.05) is 0 Å². The van der Waals surface area contributed by atoms with Crippen LogP contribution < -0.4 is 10.1 Å². The van der Waals surface area contributed by atoms with Gasteiger partial charge in [0.15, 0.2) is 0 Å². The highest BCUT2D eigenvalue weighted by Gasteiger charge is 2.26. The molecule has 2 N–H and O–H groups in total. The average Bonchev–Trinajstić information content (AvgIpc) is 2.54. The van der Waals surface area contributed by atoms with Gasteiger partial charge in [0, 0.05) is 39.3 Å². The second-order valence-corrected chi connectivity index (χ2v) is 7.20. The minimum Gasteiger partial charge on any atom is -0.484 e. The molecule has 5 heteroatoms. The lowest BCUT2D eigenvalue weighted by Crippen LogP contribution is -2.47. The molecule has 1 saturated heterocycles. The largest absolute Gasteiger partial charge is 0.484 e. The summed E-state index contributed by atoms with van der Waals surface area (Å²) < 4.78 is 6.00. The minimum atomic E-state index is -0.136. The lowest BCUT2D eigenvalue weighted by molar-refractivity contribution is 0.113. The number of β-amino-alcohol motifs (C(OH)–C–C–N with tert-alkyl or cyclic N) is 1. The monoisotopic (exact) mass is 319 g/mol. The first kappa shape index (κ1) is 16.6. The first-order valence-electron chi connectivity index (χ1n) is 8.67. The van der Waals surface area contributed by atoms with Crippen LogP contribution in [0, 0.1) is 0 Å². The van der Waals surface area contributed by atoms with E-state index in [9.17, 15) is 0 Å². The number of piperazine rings is 1. The van der Waals surface area contributed by atoms with Crippen molar-refractivity contribution in [3.63, 3.8) is 0 Å². The Morgan fingerprint density at radius 1 is 1.13 bits per heavy atom. The van der Waals surface area contributed by atoms with Crippen molar-refractivity contribution in [3.8, 4) is 5.75 Å². The second kappa shape index (κ2) is 7.07. The first-order chi connectivity index (χ1) is 11.1. The standard InChI is InChI=1S/C18H29N3O2/c1-18(2)14-19-16-13-15(3-4-17(16)23-18)5-6-20-7-9-21(10-8-20)11-12-22/h3-4,13,19,22H,5-12,14H2,1-2H3. The third-order valence-corrected chi connectivity index (χ3v) is 4.73. The molecule has 0 atom stereocenters. The third kappa shape index (κ3) is 4.37. The van der Waals surface area contributed by atoms with Crippen LogP contribution >= 0.6 is 0 Å². The smallest absolute Gasteiger partial charge is 0.143 e. The number of hydrogen-bond donors (Lipinski definition) is 2. The van der Waals surface area contributed by atoms with Crippen LogP contribution in [0.25, 0.3) is 0 Å². The van der Waals surface area contributed by atoms with Gasteiger partial charge in [0.1, 0.15) is 11.4 Å². The maximum absolute atomic E-state index is 8.99. The molecule has 5 nitrogen and oxygen atoms in total. The number of nitrogens with one attached hydrogen (secondary N) is 1. The topological polar surface area (TPSA) is 48.0 Å². The summed E-state index contributed by atoms with van der Waals surface area (Å²) >= 11 is 0. The van der Waals surface area contributed by atoms with Gasteiger partial charge >= 0.3 is 0 Å². The summed E-state index contributed by atoms with van der Waals surface area (Å²) in [5.41, 5.74) is 2.34. The number of benzene rings is 1. The Bertz CT molecular complexity index is 525. The molecule has 2 heterocycles. The molecule has 0 spiro atoms. The van der Waals surface area contributed by atoms with Crippen LogP contribution in [0.15, 0.2) is 18.2 Å². The molecule has 2 aliphatic rings. The summed E-state index contributed by atoms with van der Waals surface area (Å²) in [7, 11) is 0. The molecular formula is C18H29N3O2. The number of nitrogens with zero attached hydrogens (tertiary/aromatic N) is 2. The number of anilines is 1. The van der Waals surface area contributed by atoms with Gasteiger partial charge in [0.25, 0.3) is 0 Å². The van der Waals surface area contributed by atoms with Crippen molar-refractivity contribution in [2.24, 2.45) is 0 Å². The van der Waals surface area contributed by atoms with Gasteiger partial charge in [-0.2, -0.15) is 0 Å². The third-order valence-electron chi connectivity index (χ3n) is 4.73. The molecule has 0 aliphatic carbocycles. The van der Waals surface area contributed by atoms with E-state index in [-0.39, 0.29) is 12.2 Å². The van der Waals surface area contributed by atoms with Crippen LogP contribution in [0.3, 0.4) is 0 Å². The predicted molar refractivity (Wildman–Crippen MR) is 93.3 cm³/mol. The number of rotatable bonds is 5. The van der Waals surface area contributed by atoms with E-state index in [0.717, 1.165) is 63.7 Å². The summed E-state index contributed by atoms with van der Waals surface area (Å²) in [5, 5.41) is 12.5. The van der Waals surface area contributed by atoms with Crippen LogP contribution in [-0.2, 0) is 6.42 Å². The van der Waals surface area contributed by atoms with Crippen molar-refractivity contribution in [2.45, 2.75) is 25.9 Å². The summed E-state index contributed by atoms with van der Waals surface area (Å²) in [5.74, 6) is 0.961. The van der Waals surface area contributed by atoms with Crippen LogP contribution in [0.4, 0.5) is 5.69 Å². The lowest BCUT2D eigenvalue weighted by Gasteiger charge is -2.35. The highest BCUT2D eigenvalue weighted by atomic mass is 16.5. The van der Waals surface area contributed by atoms with Crippen molar-refractivity contribution in [3.05, 3.63) is 23.8 Å². The Morgan fingerprint density at radius 3 is 2.52 bits per heavy atom. The van der Waals surface area contributed by atoms with Gasteiger partial charge < -0.3 is 20.1 Å². The zero-order valence-corrected chi connectivity index (χ0v) is 14.3. The fraction of sp³-hybridized carbons (Fsp3) is 0.667. The van der Waals surface area contributed by atoms with Gasteiger partial charge in [-0.25, -0.2) is 0 Å². The Labute approximate surface area is 139 Å². The molecule has 0 saturated carbocycles. The zero-order valence-electron chi connectivity index (χ0n) is 14.3. The molecular weight excluding hydrogens is 290 g/mol. The van der Waals surface area contributed by atoms with E-state index < -0.39 is 0 Å². The molecule has 1 aromatic rings. The number of aliphatic hydroxyl groups is 1. The van der Waals surface area contributed by atoms with E-state index in [2.05, 4.69) is 47.2 Å². The Kier molecular flexibility index (Phi) is 5.09.